The molecule has 0 N–H and O–H groups in total. The Bertz CT molecular complexity index is 482. The lowest BCUT2D eigenvalue weighted by Gasteiger charge is -2.36. The van der Waals surface area contributed by atoms with Crippen molar-refractivity contribution in [2.45, 2.75) is 18.6 Å². The second-order valence-electron chi connectivity index (χ2n) is 4.65. The molecule has 94 valence electrons. The molecule has 1 heterocycles. The third-order valence-electron chi connectivity index (χ3n) is 3.50. The summed E-state index contributed by atoms with van der Waals surface area (Å²) in [5.74, 6) is -0.280. The molecule has 0 bridgehead atoms. The summed E-state index contributed by atoms with van der Waals surface area (Å²) in [5.41, 5.74) is 2.41. The fourth-order valence-electron chi connectivity index (χ4n) is 2.73. The zero-order chi connectivity index (χ0) is 12.4. The monoisotopic (exact) mass is 244 g/mol. The highest BCUT2D eigenvalue weighted by Crippen LogP contribution is 2.44. The van der Waals surface area contributed by atoms with E-state index in [0.717, 1.165) is 18.4 Å². The average molecular weight is 244 g/mol. The molecule has 3 nitrogen and oxygen atoms in total. The quantitative estimate of drug-likeness (QED) is 0.748. The van der Waals surface area contributed by atoms with Gasteiger partial charge in [-0.25, -0.2) is 0 Å². The summed E-state index contributed by atoms with van der Waals surface area (Å²) in [4.78, 5) is 0. The molecule has 1 atom stereocenters. The van der Waals surface area contributed by atoms with Gasteiger partial charge in [0.15, 0.2) is 0 Å². The molecule has 0 fully saturated rings. The second-order valence-corrected chi connectivity index (χ2v) is 4.65. The lowest BCUT2D eigenvalue weighted by atomic mass is 9.79. The molecule has 0 saturated carbocycles. The molecule has 0 aromatic heterocycles. The molecule has 3 rings (SSSR count). The maximum atomic E-state index is 5.74. The summed E-state index contributed by atoms with van der Waals surface area (Å²) >= 11 is 0. The van der Waals surface area contributed by atoms with Gasteiger partial charge in [-0.15, -0.1) is 0 Å². The van der Waals surface area contributed by atoms with Crippen LogP contribution in [-0.4, -0.2) is 7.11 Å². The van der Waals surface area contributed by atoms with E-state index in [1.807, 2.05) is 6.07 Å². The molecule has 0 radical (unpaired) electrons. The van der Waals surface area contributed by atoms with E-state index in [4.69, 9.17) is 14.2 Å². The highest BCUT2D eigenvalue weighted by atomic mass is 16.7. The number of hydrogen-bond acceptors (Lipinski definition) is 3. The van der Waals surface area contributed by atoms with Crippen LogP contribution in [-0.2, 0) is 26.4 Å². The maximum absolute atomic E-state index is 5.74. The van der Waals surface area contributed by atoms with Gasteiger partial charge in [0.25, 0.3) is 5.79 Å². The molecule has 2 aliphatic rings. The molecular weight excluding hydrogens is 228 g/mol. The van der Waals surface area contributed by atoms with Crippen molar-refractivity contribution in [2.24, 2.45) is 5.92 Å². The average Bonchev–Trinajstić information content (AvgIpc) is 2.86. The van der Waals surface area contributed by atoms with Crippen LogP contribution in [0, 0.1) is 5.92 Å². The Kier molecular flexibility index (Phi) is 2.74. The standard InChI is InChI=1S/C15H16O3/c1-16-7-6-12-10-13-4-2-3-5-14(13)15(11-12)17-8-9-18-15/h2-9,12H,10-11H2,1H3/t12-/m1/s1. The molecule has 1 aliphatic heterocycles. The predicted octanol–water partition coefficient (Wildman–Crippen LogP) is 3.08. The third kappa shape index (κ3) is 1.76. The van der Waals surface area contributed by atoms with Crippen LogP contribution in [0.4, 0.5) is 0 Å². The first kappa shape index (κ1) is 11.2. The lowest BCUT2D eigenvalue weighted by Crippen LogP contribution is -2.35. The SMILES string of the molecule is COC=C[C@@H]1Cc2ccccc2C2(C1)OC=CO2. The molecule has 1 spiro atoms. The Balaban J connectivity index is 1.97. The van der Waals surface area contributed by atoms with Gasteiger partial charge in [0.05, 0.1) is 13.4 Å². The Hall–Kier alpha value is -1.90. The van der Waals surface area contributed by atoms with E-state index in [9.17, 15) is 0 Å². The van der Waals surface area contributed by atoms with Gasteiger partial charge in [0, 0.05) is 12.0 Å². The minimum absolute atomic E-state index is 0.361. The number of methoxy groups -OCH3 is 1. The Morgan fingerprint density at radius 3 is 2.83 bits per heavy atom. The maximum Gasteiger partial charge on any atom is 0.277 e. The van der Waals surface area contributed by atoms with Crippen molar-refractivity contribution in [1.29, 1.82) is 0 Å². The van der Waals surface area contributed by atoms with E-state index in [-0.39, 0.29) is 0 Å². The lowest BCUT2D eigenvalue weighted by molar-refractivity contribution is -0.166. The summed E-state index contributed by atoms with van der Waals surface area (Å²) < 4.78 is 16.5. The van der Waals surface area contributed by atoms with Gasteiger partial charge in [-0.2, -0.15) is 0 Å². The molecule has 0 amide bonds. The zero-order valence-electron chi connectivity index (χ0n) is 10.3. The zero-order valence-corrected chi connectivity index (χ0v) is 10.3. The Labute approximate surface area is 107 Å². The van der Waals surface area contributed by atoms with Gasteiger partial charge in [-0.1, -0.05) is 24.3 Å². The van der Waals surface area contributed by atoms with Crippen molar-refractivity contribution in [3.63, 3.8) is 0 Å². The van der Waals surface area contributed by atoms with Crippen molar-refractivity contribution >= 4 is 0 Å². The summed E-state index contributed by atoms with van der Waals surface area (Å²) in [7, 11) is 1.66. The summed E-state index contributed by atoms with van der Waals surface area (Å²) in [6, 6.07) is 8.29. The normalized spacial score (nSPS) is 23.7. The fourth-order valence-corrected chi connectivity index (χ4v) is 2.73. The number of rotatable bonds is 2. The van der Waals surface area contributed by atoms with E-state index in [2.05, 4.69) is 24.3 Å². The van der Waals surface area contributed by atoms with Crippen molar-refractivity contribution in [1.82, 2.24) is 0 Å². The molecule has 3 heteroatoms. The topological polar surface area (TPSA) is 27.7 Å². The van der Waals surface area contributed by atoms with Crippen LogP contribution < -0.4 is 0 Å². The number of ether oxygens (including phenoxy) is 3. The highest BCUT2D eigenvalue weighted by Gasteiger charge is 2.44. The first-order chi connectivity index (χ1) is 8.84. The van der Waals surface area contributed by atoms with Crippen LogP contribution in [0.2, 0.25) is 0 Å². The van der Waals surface area contributed by atoms with Gasteiger partial charge in [0.2, 0.25) is 0 Å². The summed E-state index contributed by atoms with van der Waals surface area (Å²) in [6.07, 6.45) is 8.84. The molecule has 1 aromatic rings. The van der Waals surface area contributed by atoms with Gasteiger partial charge < -0.3 is 14.2 Å². The van der Waals surface area contributed by atoms with E-state index < -0.39 is 5.79 Å². The Morgan fingerprint density at radius 2 is 2.06 bits per heavy atom. The van der Waals surface area contributed by atoms with Gasteiger partial charge in [-0.05, 0) is 24.0 Å². The summed E-state index contributed by atoms with van der Waals surface area (Å²) in [5, 5.41) is 0. The minimum atomic E-state index is -0.641. The third-order valence-corrected chi connectivity index (χ3v) is 3.50. The first-order valence-electron chi connectivity index (χ1n) is 6.12. The molecule has 1 aromatic carbocycles. The number of fused-ring (bicyclic) bond motifs is 2. The van der Waals surface area contributed by atoms with Crippen molar-refractivity contribution in [3.8, 4) is 0 Å². The van der Waals surface area contributed by atoms with Crippen LogP contribution in [0.25, 0.3) is 0 Å². The van der Waals surface area contributed by atoms with E-state index in [1.165, 1.54) is 5.56 Å². The highest BCUT2D eigenvalue weighted by molar-refractivity contribution is 5.35. The molecular formula is C15H16O3. The van der Waals surface area contributed by atoms with Crippen LogP contribution in [0.15, 0.2) is 49.1 Å². The van der Waals surface area contributed by atoms with E-state index >= 15 is 0 Å². The second kappa shape index (κ2) is 4.41. The van der Waals surface area contributed by atoms with Crippen LogP contribution >= 0.6 is 0 Å². The van der Waals surface area contributed by atoms with Crippen molar-refractivity contribution in [3.05, 3.63) is 60.3 Å². The van der Waals surface area contributed by atoms with Crippen molar-refractivity contribution in [2.75, 3.05) is 7.11 Å². The molecule has 0 unspecified atom stereocenters. The van der Waals surface area contributed by atoms with Crippen LogP contribution in [0.3, 0.4) is 0 Å². The Morgan fingerprint density at radius 1 is 1.28 bits per heavy atom. The van der Waals surface area contributed by atoms with Crippen LogP contribution in [0.5, 0.6) is 0 Å². The number of allylic oxidation sites excluding steroid dienone is 1. The van der Waals surface area contributed by atoms with Gasteiger partial charge >= 0.3 is 0 Å². The first-order valence-corrected chi connectivity index (χ1v) is 6.12. The van der Waals surface area contributed by atoms with E-state index in [0.29, 0.717) is 5.92 Å². The largest absolute Gasteiger partial charge is 0.505 e. The van der Waals surface area contributed by atoms with Gasteiger partial charge in [-0.3, -0.25) is 0 Å². The number of hydrogen-bond donors (Lipinski definition) is 0. The molecule has 0 saturated heterocycles. The number of benzene rings is 1. The van der Waals surface area contributed by atoms with E-state index in [1.54, 1.807) is 25.9 Å². The van der Waals surface area contributed by atoms with Gasteiger partial charge in [0.1, 0.15) is 12.5 Å². The molecule has 1 aliphatic carbocycles. The smallest absolute Gasteiger partial charge is 0.277 e. The van der Waals surface area contributed by atoms with Crippen LogP contribution in [0.1, 0.15) is 17.5 Å². The van der Waals surface area contributed by atoms with Crippen molar-refractivity contribution < 1.29 is 14.2 Å². The minimum Gasteiger partial charge on any atom is -0.505 e. The summed E-state index contributed by atoms with van der Waals surface area (Å²) in [6.45, 7) is 0. The fraction of sp³-hybridized carbons (Fsp3) is 0.333. The predicted molar refractivity (Wildman–Crippen MR) is 67.4 cm³/mol. The molecule has 18 heavy (non-hydrogen) atoms.